The van der Waals surface area contributed by atoms with Gasteiger partial charge in [0.15, 0.2) is 0 Å². The maximum atomic E-state index is 12.8. The summed E-state index contributed by atoms with van der Waals surface area (Å²) >= 11 is 0. The molecule has 16 nitrogen and oxygen atoms in total. The standard InChI is InChI=1S/C43H88N4O12Si2/c1-13-46(14-2)31-39(58-41(48)44-27-17-29-60(50-7,51-8)52-9)33-56-37-23-19-35(20-24-37)43(5,6)36-21-25-38(26-22-36)57-34-40(32-47(15-3)16-4)59-42(49)45-28-18-30-61(53-10,54-11)55-12/h35-40H,13-34H2,1-12H3,(H,44,48)(H,45,49). The topological polar surface area (TPSA) is 157 Å². The Morgan fingerprint density at radius 1 is 0.557 bits per heavy atom. The molecule has 2 fully saturated rings. The highest BCUT2D eigenvalue weighted by molar-refractivity contribution is 6.60. The van der Waals surface area contributed by atoms with Crippen molar-refractivity contribution < 1.29 is 55.1 Å². The van der Waals surface area contributed by atoms with Gasteiger partial charge in [-0.05, 0) is 108 Å². The molecule has 2 atom stereocenters. The van der Waals surface area contributed by atoms with Gasteiger partial charge in [-0.2, -0.15) is 0 Å². The molecular formula is C43H88N4O12Si2. The largest absolute Gasteiger partial charge is 0.500 e. The van der Waals surface area contributed by atoms with Gasteiger partial charge < -0.3 is 65.9 Å². The number of amides is 2. The second-order valence-electron chi connectivity index (χ2n) is 17.1. The smallest absolute Gasteiger partial charge is 0.442 e. The number of carbonyl (C=O) groups excluding carboxylic acids is 2. The van der Waals surface area contributed by atoms with Gasteiger partial charge in [0.05, 0.1) is 25.4 Å². The molecular weight excluding hydrogens is 821 g/mol. The van der Waals surface area contributed by atoms with Crippen LogP contribution in [0.1, 0.15) is 106 Å². The third-order valence-corrected chi connectivity index (χ3v) is 19.1. The van der Waals surface area contributed by atoms with Gasteiger partial charge in [-0.15, -0.1) is 0 Å². The lowest BCUT2D eigenvalue weighted by atomic mass is 9.60. The van der Waals surface area contributed by atoms with Crippen LogP contribution >= 0.6 is 0 Å². The fourth-order valence-corrected chi connectivity index (χ4v) is 12.5. The summed E-state index contributed by atoms with van der Waals surface area (Å²) < 4.78 is 57.7. The van der Waals surface area contributed by atoms with Crippen molar-refractivity contribution in [2.75, 3.05) is 108 Å². The summed E-state index contributed by atoms with van der Waals surface area (Å²) in [5.41, 5.74) is 0.213. The van der Waals surface area contributed by atoms with Gasteiger partial charge in [0.1, 0.15) is 12.2 Å². The minimum atomic E-state index is -2.69. The summed E-state index contributed by atoms with van der Waals surface area (Å²) in [5.74, 6) is 1.25. The lowest BCUT2D eigenvalue weighted by Gasteiger charge is -2.46. The van der Waals surface area contributed by atoms with Crippen LogP contribution in [0.2, 0.25) is 12.1 Å². The molecule has 2 N–H and O–H groups in total. The Morgan fingerprint density at radius 3 is 1.15 bits per heavy atom. The van der Waals surface area contributed by atoms with E-state index in [9.17, 15) is 9.59 Å². The molecule has 61 heavy (non-hydrogen) atoms. The summed E-state index contributed by atoms with van der Waals surface area (Å²) in [6.45, 7) is 19.8. The molecule has 2 saturated carbocycles. The van der Waals surface area contributed by atoms with Crippen molar-refractivity contribution in [3.8, 4) is 0 Å². The van der Waals surface area contributed by atoms with Gasteiger partial charge in [0.2, 0.25) is 0 Å². The van der Waals surface area contributed by atoms with Gasteiger partial charge in [-0.3, -0.25) is 0 Å². The summed E-state index contributed by atoms with van der Waals surface area (Å²) in [7, 11) is 4.17. The normalized spacial score (nSPS) is 21.3. The van der Waals surface area contributed by atoms with Crippen LogP contribution in [0, 0.1) is 17.3 Å². The zero-order valence-corrected chi connectivity index (χ0v) is 42.3. The number of ether oxygens (including phenoxy) is 4. The lowest BCUT2D eigenvalue weighted by molar-refractivity contribution is -0.0667. The Kier molecular flexibility index (Phi) is 27.3. The van der Waals surface area contributed by atoms with Crippen molar-refractivity contribution >= 4 is 29.8 Å². The average molecular weight is 909 g/mol. The number of carbonyl (C=O) groups is 2. The summed E-state index contributed by atoms with van der Waals surface area (Å²) in [6.07, 6.45) is 8.61. The third kappa shape index (κ3) is 19.3. The van der Waals surface area contributed by atoms with E-state index in [1.165, 1.54) is 0 Å². The highest BCUT2D eigenvalue weighted by atomic mass is 28.4. The monoisotopic (exact) mass is 909 g/mol. The van der Waals surface area contributed by atoms with Crippen molar-refractivity contribution in [3.05, 3.63) is 0 Å². The predicted octanol–water partition coefficient (Wildman–Crippen LogP) is 6.57. The second kappa shape index (κ2) is 29.9. The Morgan fingerprint density at radius 2 is 0.869 bits per heavy atom. The minimum Gasteiger partial charge on any atom is -0.442 e. The average Bonchev–Trinajstić information content (AvgIpc) is 3.29. The molecule has 0 aromatic rings. The summed E-state index contributed by atoms with van der Waals surface area (Å²) in [4.78, 5) is 30.2. The van der Waals surface area contributed by atoms with Crippen LogP contribution in [-0.2, 0) is 45.5 Å². The minimum absolute atomic E-state index is 0.161. The number of alkyl carbamates (subject to hydrolysis) is 2. The molecule has 0 heterocycles. The molecule has 360 valence electrons. The SMILES string of the molecule is CCN(CC)CC(COC1CCC(C(C)(C)C2CCC(OCC(CN(CC)CC)OC(=O)NCCC[Si](OC)(OC)OC)CC2)CC1)OC(=O)NCCC[Si](OC)(OC)OC. The van der Waals surface area contributed by atoms with E-state index in [-0.39, 0.29) is 29.8 Å². The van der Waals surface area contributed by atoms with Gasteiger partial charge >= 0.3 is 29.8 Å². The number of rotatable bonds is 32. The van der Waals surface area contributed by atoms with Gasteiger partial charge in [-0.25, -0.2) is 9.59 Å². The van der Waals surface area contributed by atoms with Crippen LogP contribution < -0.4 is 10.6 Å². The molecule has 2 aliphatic carbocycles. The van der Waals surface area contributed by atoms with Crippen molar-refractivity contribution in [2.24, 2.45) is 17.3 Å². The molecule has 0 radical (unpaired) electrons. The zero-order chi connectivity index (χ0) is 45.3. The molecule has 0 saturated heterocycles. The molecule has 2 aliphatic rings. The first kappa shape index (κ1) is 55.7. The molecule has 18 heteroatoms. The Bertz CT molecular complexity index is 1060. The van der Waals surface area contributed by atoms with Gasteiger partial charge in [-0.1, -0.05) is 41.5 Å². The Balaban J connectivity index is 1.83. The van der Waals surface area contributed by atoms with Crippen LogP contribution in [0.4, 0.5) is 9.59 Å². The molecule has 0 bridgehead atoms. The molecule has 2 amide bonds. The predicted molar refractivity (Wildman–Crippen MR) is 242 cm³/mol. The van der Waals surface area contributed by atoms with Gasteiger partial charge in [0.25, 0.3) is 0 Å². The van der Waals surface area contributed by atoms with Crippen LogP contribution in [0.25, 0.3) is 0 Å². The maximum Gasteiger partial charge on any atom is 0.500 e. The van der Waals surface area contributed by atoms with E-state index in [4.69, 9.17) is 45.5 Å². The van der Waals surface area contributed by atoms with E-state index in [1.807, 2.05) is 0 Å². The molecule has 0 aromatic carbocycles. The van der Waals surface area contributed by atoms with E-state index in [0.717, 1.165) is 77.5 Å². The lowest BCUT2D eigenvalue weighted by Crippen LogP contribution is -2.44. The summed E-state index contributed by atoms with van der Waals surface area (Å²) in [6, 6.07) is 1.19. The first-order valence-electron chi connectivity index (χ1n) is 23.1. The van der Waals surface area contributed by atoms with E-state index in [2.05, 4.69) is 62.0 Å². The number of nitrogens with one attached hydrogen (secondary N) is 2. The fraction of sp³-hybridized carbons (Fsp3) is 0.953. The van der Waals surface area contributed by atoms with Crippen molar-refractivity contribution in [2.45, 2.75) is 142 Å². The quantitative estimate of drug-likeness (QED) is 0.0552. The zero-order valence-electron chi connectivity index (χ0n) is 40.3. The third-order valence-electron chi connectivity index (χ3n) is 13.5. The number of nitrogens with zero attached hydrogens (tertiary/aromatic N) is 2. The van der Waals surface area contributed by atoms with E-state index in [1.54, 1.807) is 42.7 Å². The summed E-state index contributed by atoms with van der Waals surface area (Å²) in [5, 5.41) is 5.78. The Labute approximate surface area is 372 Å². The van der Waals surface area contributed by atoms with Crippen LogP contribution in [0.5, 0.6) is 0 Å². The van der Waals surface area contributed by atoms with Crippen LogP contribution in [-0.4, -0.2) is 172 Å². The van der Waals surface area contributed by atoms with Crippen molar-refractivity contribution in [1.82, 2.24) is 20.4 Å². The molecule has 0 aromatic heterocycles. The van der Waals surface area contributed by atoms with Gasteiger partial charge in [0, 0.05) is 80.9 Å². The highest BCUT2D eigenvalue weighted by Crippen LogP contribution is 2.49. The highest BCUT2D eigenvalue weighted by Gasteiger charge is 2.42. The van der Waals surface area contributed by atoms with Crippen molar-refractivity contribution in [3.63, 3.8) is 0 Å². The van der Waals surface area contributed by atoms with E-state index >= 15 is 0 Å². The maximum absolute atomic E-state index is 12.8. The van der Waals surface area contributed by atoms with Crippen molar-refractivity contribution in [1.29, 1.82) is 0 Å². The number of hydrogen-bond donors (Lipinski definition) is 2. The number of likely N-dealkylation sites (N-methyl/N-ethyl adjacent to an activating group) is 2. The Hall–Kier alpha value is -1.43. The molecule has 2 unspecified atom stereocenters. The van der Waals surface area contributed by atoms with Crippen LogP contribution in [0.3, 0.4) is 0 Å². The second-order valence-corrected chi connectivity index (χ2v) is 23.3. The number of hydrogen-bond acceptors (Lipinski definition) is 14. The molecule has 2 rings (SSSR count). The van der Waals surface area contributed by atoms with Crippen LogP contribution in [0.15, 0.2) is 0 Å². The first-order chi connectivity index (χ1) is 29.2. The van der Waals surface area contributed by atoms with E-state index < -0.39 is 29.8 Å². The first-order valence-corrected chi connectivity index (χ1v) is 27.0. The van der Waals surface area contributed by atoms with E-state index in [0.29, 0.717) is 76.2 Å². The molecule has 0 spiro atoms. The molecule has 0 aliphatic heterocycles. The fourth-order valence-electron chi connectivity index (χ4n) is 9.04.